The Morgan fingerprint density at radius 1 is 0.875 bits per heavy atom. The van der Waals surface area contributed by atoms with E-state index in [2.05, 4.69) is 29.6 Å². The Hall–Kier alpha value is -1.47. The summed E-state index contributed by atoms with van der Waals surface area (Å²) in [7, 11) is -4.03. The zero-order chi connectivity index (χ0) is 18.3. The highest BCUT2D eigenvalue weighted by Crippen LogP contribution is 2.49. The van der Waals surface area contributed by atoms with E-state index >= 15 is 0 Å². The molecule has 24 heavy (non-hydrogen) atoms. The van der Waals surface area contributed by atoms with Gasteiger partial charge in [-0.1, -0.05) is 45.8 Å². The van der Waals surface area contributed by atoms with Crippen molar-refractivity contribution < 1.29 is 37.2 Å². The largest absolute Gasteiger partial charge is 0.480 e. The van der Waals surface area contributed by atoms with E-state index in [0.717, 1.165) is 37.8 Å². The fraction of sp³-hybridized carbons (Fsp3) is 0.600. The zero-order valence-corrected chi connectivity index (χ0v) is 14.8. The molecule has 9 heteroatoms. The summed E-state index contributed by atoms with van der Waals surface area (Å²) >= 11 is 0. The topological polar surface area (TPSA) is 97.4 Å². The first kappa shape index (κ1) is 22.5. The molecule has 0 unspecified atom stereocenters. The van der Waals surface area contributed by atoms with Crippen LogP contribution in [0.1, 0.15) is 39.0 Å². The Kier molecular flexibility index (Phi) is 13.1. The van der Waals surface area contributed by atoms with Gasteiger partial charge in [-0.25, -0.2) is 23.2 Å². The lowest BCUT2D eigenvalue weighted by Gasteiger charge is -2.17. The van der Waals surface area contributed by atoms with Crippen LogP contribution >= 0.6 is 7.82 Å². The van der Waals surface area contributed by atoms with Crippen molar-refractivity contribution in [1.29, 1.82) is 0 Å². The van der Waals surface area contributed by atoms with Gasteiger partial charge in [0, 0.05) is 12.2 Å². The van der Waals surface area contributed by atoms with Crippen molar-refractivity contribution in [3.8, 4) is 0 Å². The van der Waals surface area contributed by atoms with Gasteiger partial charge in [-0.2, -0.15) is 0 Å². The number of phosphoric ester groups is 1. The van der Waals surface area contributed by atoms with E-state index in [4.69, 9.17) is 13.6 Å². The van der Waals surface area contributed by atoms with Crippen LogP contribution in [-0.2, 0) is 37.2 Å². The minimum absolute atomic E-state index is 0.131. The van der Waals surface area contributed by atoms with Gasteiger partial charge in [-0.05, 0) is 6.42 Å². The van der Waals surface area contributed by atoms with Gasteiger partial charge >= 0.3 is 19.8 Å². The Bertz CT molecular complexity index is 419. The number of esters is 2. The highest BCUT2D eigenvalue weighted by atomic mass is 31.2. The van der Waals surface area contributed by atoms with Crippen LogP contribution in [0.4, 0.5) is 0 Å². The maximum atomic E-state index is 12.3. The molecule has 0 spiro atoms. The minimum atomic E-state index is -4.03. The molecule has 0 fully saturated rings. The molecule has 8 nitrogen and oxygen atoms in total. The first-order valence-corrected chi connectivity index (χ1v) is 9.05. The Morgan fingerprint density at radius 2 is 1.38 bits per heavy atom. The van der Waals surface area contributed by atoms with Gasteiger partial charge in [0.1, 0.15) is 0 Å². The van der Waals surface area contributed by atoms with Gasteiger partial charge in [-0.3, -0.25) is 4.52 Å². The van der Waals surface area contributed by atoms with Gasteiger partial charge < -0.3 is 9.47 Å². The van der Waals surface area contributed by atoms with Crippen LogP contribution < -0.4 is 0 Å². The summed E-state index contributed by atoms with van der Waals surface area (Å²) < 4.78 is 36.3. The number of carbonyl (C=O) groups is 2. The van der Waals surface area contributed by atoms with E-state index in [1.165, 1.54) is 0 Å². The van der Waals surface area contributed by atoms with Gasteiger partial charge in [-0.15, -0.1) is 0 Å². The standard InChI is InChI=1S/C15H25O8P/c1-4-7-8-9-10-11-21-24(18,22-12-19-14(16)5-2)23-13-20-15(17)6-3/h5-6H,2-4,7-13H2,1H3. The molecule has 0 radical (unpaired) electrons. The van der Waals surface area contributed by atoms with Crippen LogP contribution in [0.5, 0.6) is 0 Å². The van der Waals surface area contributed by atoms with E-state index in [-0.39, 0.29) is 6.61 Å². The lowest BCUT2D eigenvalue weighted by atomic mass is 10.2. The predicted molar refractivity (Wildman–Crippen MR) is 86.8 cm³/mol. The lowest BCUT2D eigenvalue weighted by molar-refractivity contribution is -0.147. The van der Waals surface area contributed by atoms with Crippen LogP contribution in [0, 0.1) is 0 Å². The van der Waals surface area contributed by atoms with E-state index in [0.29, 0.717) is 6.42 Å². The van der Waals surface area contributed by atoms with Crippen LogP contribution in [0.2, 0.25) is 0 Å². The molecule has 0 atom stereocenters. The number of carbonyl (C=O) groups excluding carboxylic acids is 2. The monoisotopic (exact) mass is 364 g/mol. The number of hydrogen-bond donors (Lipinski definition) is 0. The molecule has 0 aliphatic carbocycles. The predicted octanol–water partition coefficient (Wildman–Crippen LogP) is 3.49. The molecular weight excluding hydrogens is 339 g/mol. The van der Waals surface area contributed by atoms with Gasteiger partial charge in [0.2, 0.25) is 13.6 Å². The maximum absolute atomic E-state index is 12.3. The van der Waals surface area contributed by atoms with Crippen LogP contribution in [0.15, 0.2) is 25.3 Å². The molecule has 0 rings (SSSR count). The summed E-state index contributed by atoms with van der Waals surface area (Å²) in [6, 6.07) is 0. The third-order valence-corrected chi connectivity index (χ3v) is 4.00. The Balaban J connectivity index is 4.31. The average Bonchev–Trinajstić information content (AvgIpc) is 2.57. The number of ether oxygens (including phenoxy) is 2. The molecule has 0 aliphatic heterocycles. The SMILES string of the molecule is C=CC(=O)OCOP(=O)(OCCCCCCC)OCOC(=O)C=C. The second-order valence-electron chi connectivity index (χ2n) is 4.52. The zero-order valence-electron chi connectivity index (χ0n) is 13.9. The molecule has 0 aliphatic rings. The van der Waals surface area contributed by atoms with Crippen LogP contribution in [0.25, 0.3) is 0 Å². The maximum Gasteiger partial charge on any atom is 0.480 e. The smallest absolute Gasteiger partial charge is 0.435 e. The summed E-state index contributed by atoms with van der Waals surface area (Å²) in [6.45, 7) is 7.36. The fourth-order valence-electron chi connectivity index (χ4n) is 1.41. The van der Waals surface area contributed by atoms with Gasteiger partial charge in [0.15, 0.2) is 0 Å². The molecule has 0 aromatic rings. The van der Waals surface area contributed by atoms with E-state index in [1.807, 2.05) is 0 Å². The molecule has 138 valence electrons. The van der Waals surface area contributed by atoms with Crippen molar-refractivity contribution in [2.45, 2.75) is 39.0 Å². The minimum Gasteiger partial charge on any atom is -0.435 e. The molecule has 0 bridgehead atoms. The molecule has 0 aromatic carbocycles. The van der Waals surface area contributed by atoms with E-state index < -0.39 is 33.3 Å². The van der Waals surface area contributed by atoms with Crippen molar-refractivity contribution in [2.75, 3.05) is 20.2 Å². The molecule has 0 amide bonds. The van der Waals surface area contributed by atoms with Crippen molar-refractivity contribution >= 4 is 19.8 Å². The van der Waals surface area contributed by atoms with Crippen LogP contribution in [0.3, 0.4) is 0 Å². The third-order valence-electron chi connectivity index (χ3n) is 2.65. The Morgan fingerprint density at radius 3 is 1.83 bits per heavy atom. The first-order chi connectivity index (χ1) is 11.5. The highest BCUT2D eigenvalue weighted by molar-refractivity contribution is 7.48. The molecule has 0 aromatic heterocycles. The molecule has 0 saturated carbocycles. The van der Waals surface area contributed by atoms with Crippen LogP contribution in [-0.4, -0.2) is 32.1 Å². The second-order valence-corrected chi connectivity index (χ2v) is 6.19. The summed E-state index contributed by atoms with van der Waals surface area (Å²) in [5, 5.41) is 0. The van der Waals surface area contributed by atoms with Gasteiger partial charge in [0.05, 0.1) is 6.61 Å². The van der Waals surface area contributed by atoms with Crippen molar-refractivity contribution in [2.24, 2.45) is 0 Å². The quantitative estimate of drug-likeness (QED) is 0.143. The molecule has 0 N–H and O–H groups in total. The number of unbranched alkanes of at least 4 members (excludes halogenated alkanes) is 4. The summed E-state index contributed by atoms with van der Waals surface area (Å²) in [6.07, 6.45) is 6.68. The first-order valence-electron chi connectivity index (χ1n) is 7.59. The van der Waals surface area contributed by atoms with Crippen molar-refractivity contribution in [1.82, 2.24) is 0 Å². The Labute approximate surface area is 142 Å². The highest BCUT2D eigenvalue weighted by Gasteiger charge is 2.28. The number of phosphoric acid groups is 1. The van der Waals surface area contributed by atoms with Crippen molar-refractivity contribution in [3.05, 3.63) is 25.3 Å². The second kappa shape index (κ2) is 13.9. The third kappa shape index (κ3) is 12.0. The van der Waals surface area contributed by atoms with E-state index in [1.54, 1.807) is 0 Å². The fourth-order valence-corrected chi connectivity index (χ4v) is 2.35. The molecular formula is C15H25O8P. The van der Waals surface area contributed by atoms with Gasteiger partial charge in [0.25, 0.3) is 0 Å². The summed E-state index contributed by atoms with van der Waals surface area (Å²) in [5.74, 6) is -1.50. The van der Waals surface area contributed by atoms with E-state index in [9.17, 15) is 14.2 Å². The lowest BCUT2D eigenvalue weighted by Crippen LogP contribution is -2.10. The summed E-state index contributed by atoms with van der Waals surface area (Å²) in [4.78, 5) is 21.9. The number of rotatable bonds is 15. The summed E-state index contributed by atoms with van der Waals surface area (Å²) in [5.41, 5.74) is 0. The molecule has 0 heterocycles. The number of hydrogen-bond acceptors (Lipinski definition) is 8. The van der Waals surface area contributed by atoms with Crippen molar-refractivity contribution in [3.63, 3.8) is 0 Å². The molecule has 0 saturated heterocycles. The normalized spacial score (nSPS) is 10.9. The average molecular weight is 364 g/mol.